The van der Waals surface area contributed by atoms with Gasteiger partial charge < -0.3 is 5.32 Å². The van der Waals surface area contributed by atoms with Crippen LogP contribution in [0.5, 0.6) is 0 Å². The van der Waals surface area contributed by atoms with Gasteiger partial charge in [-0.05, 0) is 41.1 Å². The van der Waals surface area contributed by atoms with Gasteiger partial charge in [-0.25, -0.2) is 31.1 Å². The topological polar surface area (TPSA) is 79.6 Å². The van der Waals surface area contributed by atoms with E-state index in [4.69, 9.17) is 0 Å². The summed E-state index contributed by atoms with van der Waals surface area (Å²) in [4.78, 5) is 3.98. The first kappa shape index (κ1) is 20.9. The van der Waals surface area contributed by atoms with Gasteiger partial charge in [0.1, 0.15) is 5.52 Å². The van der Waals surface area contributed by atoms with Crippen LogP contribution in [0.1, 0.15) is 44.7 Å². The zero-order valence-corrected chi connectivity index (χ0v) is 18.3. The summed E-state index contributed by atoms with van der Waals surface area (Å²) in [7, 11) is -3.66. The summed E-state index contributed by atoms with van der Waals surface area (Å²) in [5.41, 5.74) is 0.711. The quantitative estimate of drug-likeness (QED) is 0.687. The van der Waals surface area contributed by atoms with Gasteiger partial charge in [0.05, 0.1) is 34.2 Å². The second kappa shape index (κ2) is 7.09. The SMILES string of the molecule is CC(C)c1c(Br)c(F)c2cnc(N[C@@H]3CCN(S(=O)(=O)C4CC4)CC3(F)F)nn12. The van der Waals surface area contributed by atoms with Gasteiger partial charge in [-0.3, -0.25) is 0 Å². The third-order valence-electron chi connectivity index (χ3n) is 5.32. The van der Waals surface area contributed by atoms with Gasteiger partial charge in [-0.15, -0.1) is 5.10 Å². The monoisotopic (exact) mass is 495 g/mol. The Labute approximate surface area is 174 Å². The Morgan fingerprint density at radius 2 is 2.00 bits per heavy atom. The first-order chi connectivity index (χ1) is 13.5. The van der Waals surface area contributed by atoms with E-state index in [1.807, 2.05) is 13.8 Å². The zero-order valence-electron chi connectivity index (χ0n) is 15.9. The van der Waals surface area contributed by atoms with E-state index in [9.17, 15) is 21.6 Å². The number of piperidine rings is 1. The van der Waals surface area contributed by atoms with E-state index < -0.39 is 39.6 Å². The number of alkyl halides is 2. The lowest BCUT2D eigenvalue weighted by Gasteiger charge is -2.37. The van der Waals surface area contributed by atoms with Crippen LogP contribution in [-0.2, 0) is 10.0 Å². The lowest BCUT2D eigenvalue weighted by atomic mass is 10.0. The molecule has 1 aliphatic heterocycles. The van der Waals surface area contributed by atoms with Crippen LogP contribution in [0.2, 0.25) is 0 Å². The largest absolute Gasteiger partial charge is 0.344 e. The maximum Gasteiger partial charge on any atom is 0.281 e. The molecule has 0 radical (unpaired) electrons. The third kappa shape index (κ3) is 3.63. The van der Waals surface area contributed by atoms with E-state index in [0.717, 1.165) is 4.31 Å². The highest BCUT2D eigenvalue weighted by molar-refractivity contribution is 9.10. The van der Waals surface area contributed by atoms with Gasteiger partial charge in [-0.2, -0.15) is 4.31 Å². The minimum absolute atomic E-state index is 0.00920. The molecule has 1 saturated heterocycles. The smallest absolute Gasteiger partial charge is 0.281 e. The molecule has 2 aromatic heterocycles. The summed E-state index contributed by atoms with van der Waals surface area (Å²) in [6.45, 7) is 2.87. The summed E-state index contributed by atoms with van der Waals surface area (Å²) in [5.74, 6) is -3.93. The molecule has 4 rings (SSSR count). The molecule has 1 saturated carbocycles. The molecule has 1 atom stereocenters. The molecule has 0 aromatic carbocycles. The standard InChI is InChI=1S/C17H21BrF3N5O2S/c1-9(2)15-13(18)14(19)11-7-22-16(24-26(11)15)23-12-5-6-25(8-17(12,20)21)29(27,28)10-3-4-10/h7,9-10,12H,3-6,8H2,1-2H3,(H,23,24)/t12-/m1/s1. The van der Waals surface area contributed by atoms with E-state index in [0.29, 0.717) is 18.5 Å². The second-order valence-corrected chi connectivity index (χ2v) is 10.9. The van der Waals surface area contributed by atoms with E-state index in [1.54, 1.807) is 0 Å². The number of anilines is 1. The average Bonchev–Trinajstić information content (AvgIpc) is 3.45. The first-order valence-electron chi connectivity index (χ1n) is 9.38. The van der Waals surface area contributed by atoms with Crippen molar-refractivity contribution in [2.75, 3.05) is 18.4 Å². The third-order valence-corrected chi connectivity index (χ3v) is 8.42. The molecule has 2 aliphatic rings. The van der Waals surface area contributed by atoms with Crippen molar-refractivity contribution in [3.63, 3.8) is 0 Å². The summed E-state index contributed by atoms with van der Waals surface area (Å²) in [5, 5.41) is 6.30. The number of hydrogen-bond acceptors (Lipinski definition) is 5. The van der Waals surface area contributed by atoms with Crippen molar-refractivity contribution >= 4 is 37.4 Å². The predicted molar refractivity (Wildman–Crippen MR) is 105 cm³/mol. The number of sulfonamides is 1. The van der Waals surface area contributed by atoms with Gasteiger partial charge in [0.2, 0.25) is 16.0 Å². The van der Waals surface area contributed by atoms with Gasteiger partial charge in [0.25, 0.3) is 5.92 Å². The highest BCUT2D eigenvalue weighted by Gasteiger charge is 2.51. The van der Waals surface area contributed by atoms with Gasteiger partial charge in [0, 0.05) is 6.54 Å². The molecule has 1 N–H and O–H groups in total. The molecule has 0 spiro atoms. The molecule has 0 amide bonds. The summed E-state index contributed by atoms with van der Waals surface area (Å²) in [6.07, 6.45) is 2.22. The first-order valence-corrected chi connectivity index (χ1v) is 11.7. The van der Waals surface area contributed by atoms with E-state index in [2.05, 4.69) is 31.3 Å². The highest BCUT2D eigenvalue weighted by Crippen LogP contribution is 2.37. The summed E-state index contributed by atoms with van der Waals surface area (Å²) < 4.78 is 70.9. The molecule has 0 unspecified atom stereocenters. The Morgan fingerprint density at radius 1 is 1.31 bits per heavy atom. The fraction of sp³-hybridized carbons (Fsp3) is 0.647. The maximum atomic E-state index is 14.7. The molecular formula is C17H21BrF3N5O2S. The zero-order chi connectivity index (χ0) is 21.1. The van der Waals surface area contributed by atoms with Gasteiger partial charge >= 0.3 is 0 Å². The average molecular weight is 496 g/mol. The molecule has 2 aromatic rings. The van der Waals surface area contributed by atoms with Crippen molar-refractivity contribution in [1.82, 2.24) is 18.9 Å². The fourth-order valence-electron chi connectivity index (χ4n) is 3.60. The van der Waals surface area contributed by atoms with Crippen LogP contribution in [-0.4, -0.2) is 57.6 Å². The van der Waals surface area contributed by atoms with Crippen molar-refractivity contribution in [2.45, 2.75) is 56.2 Å². The molecule has 3 heterocycles. The Bertz CT molecular complexity index is 1060. The molecule has 0 bridgehead atoms. The van der Waals surface area contributed by atoms with Crippen molar-refractivity contribution in [1.29, 1.82) is 0 Å². The predicted octanol–water partition coefficient (Wildman–Crippen LogP) is 3.37. The van der Waals surface area contributed by atoms with Crippen LogP contribution in [0.15, 0.2) is 10.7 Å². The maximum absolute atomic E-state index is 14.7. The Kier molecular flexibility index (Phi) is 5.10. The van der Waals surface area contributed by atoms with Crippen LogP contribution < -0.4 is 5.32 Å². The van der Waals surface area contributed by atoms with Gasteiger partial charge in [0.15, 0.2) is 5.82 Å². The number of nitrogens with one attached hydrogen (secondary N) is 1. The Morgan fingerprint density at radius 3 is 2.59 bits per heavy atom. The van der Waals surface area contributed by atoms with Crippen molar-refractivity contribution in [3.8, 4) is 0 Å². The van der Waals surface area contributed by atoms with Crippen LogP contribution in [0.4, 0.5) is 19.1 Å². The molecule has 12 heteroatoms. The fourth-order valence-corrected chi connectivity index (χ4v) is 6.30. The molecular weight excluding hydrogens is 475 g/mol. The van der Waals surface area contributed by atoms with Crippen LogP contribution >= 0.6 is 15.9 Å². The molecule has 7 nitrogen and oxygen atoms in total. The highest BCUT2D eigenvalue weighted by atomic mass is 79.9. The van der Waals surface area contributed by atoms with Crippen molar-refractivity contribution in [2.24, 2.45) is 0 Å². The van der Waals surface area contributed by atoms with Crippen LogP contribution in [0.3, 0.4) is 0 Å². The number of nitrogens with zero attached hydrogens (tertiary/aromatic N) is 4. The molecule has 1 aliphatic carbocycles. The molecule has 2 fully saturated rings. The van der Waals surface area contributed by atoms with Crippen LogP contribution in [0, 0.1) is 5.82 Å². The molecule has 160 valence electrons. The van der Waals surface area contributed by atoms with Crippen LogP contribution in [0.25, 0.3) is 5.52 Å². The lowest BCUT2D eigenvalue weighted by molar-refractivity contribution is -0.0543. The van der Waals surface area contributed by atoms with Gasteiger partial charge in [-0.1, -0.05) is 13.8 Å². The molecule has 29 heavy (non-hydrogen) atoms. The Hall–Kier alpha value is -1.40. The number of aromatic nitrogens is 3. The summed E-state index contributed by atoms with van der Waals surface area (Å²) in [6, 6.07) is -1.32. The van der Waals surface area contributed by atoms with Crippen molar-refractivity contribution in [3.05, 3.63) is 22.2 Å². The minimum atomic E-state index is -3.66. The minimum Gasteiger partial charge on any atom is -0.344 e. The number of fused-ring (bicyclic) bond motifs is 1. The number of rotatable bonds is 5. The van der Waals surface area contributed by atoms with E-state index in [1.165, 1.54) is 10.7 Å². The number of halogens is 4. The lowest BCUT2D eigenvalue weighted by Crippen LogP contribution is -2.56. The Balaban J connectivity index is 1.58. The summed E-state index contributed by atoms with van der Waals surface area (Å²) >= 11 is 3.21. The normalized spacial score (nSPS) is 23.1. The van der Waals surface area contributed by atoms with E-state index in [-0.39, 0.29) is 34.8 Å². The number of hydrogen-bond donors (Lipinski definition) is 1. The van der Waals surface area contributed by atoms with Crippen molar-refractivity contribution < 1.29 is 21.6 Å². The second-order valence-electron chi connectivity index (χ2n) is 7.87. The van der Waals surface area contributed by atoms with E-state index >= 15 is 0 Å².